The van der Waals surface area contributed by atoms with Crippen molar-refractivity contribution in [2.75, 3.05) is 26.4 Å². The van der Waals surface area contributed by atoms with Crippen molar-refractivity contribution in [3.05, 3.63) is 0 Å². The van der Waals surface area contributed by atoms with E-state index in [9.17, 15) is 20.1 Å². The fourth-order valence-electron chi connectivity index (χ4n) is 3.23. The van der Waals surface area contributed by atoms with Gasteiger partial charge in [-0.05, 0) is 6.42 Å². The Morgan fingerprint density at radius 1 is 0.655 bits per heavy atom. The summed E-state index contributed by atoms with van der Waals surface area (Å²) in [6.07, 6.45) is 19.6. The molecule has 0 atom stereocenters. The van der Waals surface area contributed by atoms with Crippen molar-refractivity contribution in [3.63, 3.8) is 0 Å². The Labute approximate surface area is 196 Å². The molecule has 0 rings (SSSR count). The number of rotatable bonds is 21. The van der Waals surface area contributed by atoms with Crippen molar-refractivity contribution < 1.29 is 24.9 Å². The van der Waals surface area contributed by atoms with Crippen LogP contribution < -0.4 is 0 Å². The average Bonchev–Trinajstić information content (AvgIpc) is 2.72. The van der Waals surface area contributed by atoms with Crippen molar-refractivity contribution >= 4 is 29.9 Å². The Bertz CT molecular complexity index is 340. The molecular formula is C23H46O5Sn. The van der Waals surface area contributed by atoms with Gasteiger partial charge in [-0.2, -0.15) is 0 Å². The number of esters is 1. The predicted molar refractivity (Wildman–Crippen MR) is 120 cm³/mol. The van der Waals surface area contributed by atoms with Gasteiger partial charge in [-0.3, -0.25) is 4.79 Å². The van der Waals surface area contributed by atoms with Crippen molar-refractivity contribution in [2.45, 2.75) is 110 Å². The molecule has 5 nitrogen and oxygen atoms in total. The number of carbonyl (C=O) groups excluding carboxylic acids is 1. The van der Waals surface area contributed by atoms with Gasteiger partial charge >= 0.3 is 5.97 Å². The first-order valence-corrected chi connectivity index (χ1v) is 11.6. The molecule has 0 saturated carbocycles. The molecule has 0 unspecified atom stereocenters. The Hall–Kier alpha value is 0.149. The van der Waals surface area contributed by atoms with Gasteiger partial charge in [-0.15, -0.1) is 0 Å². The molecule has 0 aliphatic heterocycles. The summed E-state index contributed by atoms with van der Waals surface area (Å²) in [4.78, 5) is 11.7. The molecule has 0 saturated heterocycles. The molecule has 0 aromatic heterocycles. The van der Waals surface area contributed by atoms with E-state index < -0.39 is 25.2 Å². The second kappa shape index (κ2) is 22.8. The van der Waals surface area contributed by atoms with E-state index in [2.05, 4.69) is 6.92 Å². The molecule has 6 heteroatoms. The van der Waals surface area contributed by atoms with E-state index in [0.29, 0.717) is 6.42 Å². The largest absolute Gasteiger partial charge is 0.465 e. The third kappa shape index (κ3) is 18.6. The van der Waals surface area contributed by atoms with Crippen LogP contribution in [0.5, 0.6) is 0 Å². The number of aliphatic hydroxyl groups is 3. The van der Waals surface area contributed by atoms with Crippen LogP contribution in [-0.4, -0.2) is 71.6 Å². The topological polar surface area (TPSA) is 87.0 Å². The second-order valence-corrected chi connectivity index (χ2v) is 8.33. The van der Waals surface area contributed by atoms with Gasteiger partial charge in [0.05, 0.1) is 25.2 Å². The molecule has 172 valence electrons. The van der Waals surface area contributed by atoms with Crippen LogP contribution in [0.3, 0.4) is 0 Å². The summed E-state index contributed by atoms with van der Waals surface area (Å²) in [7, 11) is 0. The van der Waals surface area contributed by atoms with Crippen molar-refractivity contribution in [1.82, 2.24) is 0 Å². The molecule has 0 heterocycles. The summed E-state index contributed by atoms with van der Waals surface area (Å²) in [6, 6.07) is 0. The minimum Gasteiger partial charge on any atom is -0.465 e. The van der Waals surface area contributed by atoms with Gasteiger partial charge in [0.15, 0.2) is 0 Å². The van der Waals surface area contributed by atoms with Crippen molar-refractivity contribution in [2.24, 2.45) is 5.41 Å². The first-order chi connectivity index (χ1) is 13.6. The molecule has 3 N–H and O–H groups in total. The van der Waals surface area contributed by atoms with Crippen molar-refractivity contribution in [3.8, 4) is 0 Å². The van der Waals surface area contributed by atoms with E-state index >= 15 is 0 Å². The maximum absolute atomic E-state index is 11.7. The molecule has 29 heavy (non-hydrogen) atoms. The Balaban J connectivity index is 0. The number of hydrogen-bond acceptors (Lipinski definition) is 5. The SMILES string of the molecule is CCCCCCCCCCCCCCCCCC(=O)OCC(CO)(CO)CO.[Sn]. The molecule has 0 aromatic rings. The Morgan fingerprint density at radius 2 is 1.00 bits per heavy atom. The van der Waals surface area contributed by atoms with Gasteiger partial charge in [-0.25, -0.2) is 0 Å². The summed E-state index contributed by atoms with van der Waals surface area (Å²) < 4.78 is 5.08. The van der Waals surface area contributed by atoms with E-state index in [4.69, 9.17) is 4.74 Å². The predicted octanol–water partition coefficient (Wildman–Crippen LogP) is 4.37. The minimum atomic E-state index is -1.13. The third-order valence-corrected chi connectivity index (χ3v) is 5.53. The van der Waals surface area contributed by atoms with Crippen molar-refractivity contribution in [1.29, 1.82) is 0 Å². The molecule has 4 radical (unpaired) electrons. The zero-order valence-corrected chi connectivity index (χ0v) is 21.7. The first kappa shape index (κ1) is 31.3. The van der Waals surface area contributed by atoms with E-state index in [1.807, 2.05) is 0 Å². The maximum Gasteiger partial charge on any atom is 0.305 e. The summed E-state index contributed by atoms with van der Waals surface area (Å²) in [6.45, 7) is 0.884. The molecule has 0 aliphatic rings. The smallest absolute Gasteiger partial charge is 0.305 e. The molecule has 0 fully saturated rings. The molecular weight excluding hydrogens is 475 g/mol. The van der Waals surface area contributed by atoms with E-state index in [0.717, 1.165) is 19.3 Å². The number of unbranched alkanes of at least 4 members (excludes halogenated alkanes) is 14. The van der Waals surface area contributed by atoms with E-state index in [1.54, 1.807) is 0 Å². The molecule has 0 aromatic carbocycles. The summed E-state index contributed by atoms with van der Waals surface area (Å²) in [5.74, 6) is -0.325. The number of ether oxygens (including phenoxy) is 1. The minimum absolute atomic E-state index is 0. The monoisotopic (exact) mass is 522 g/mol. The van der Waals surface area contributed by atoms with Gasteiger partial charge in [0.1, 0.15) is 6.61 Å². The van der Waals surface area contributed by atoms with Gasteiger partial charge in [0.2, 0.25) is 0 Å². The van der Waals surface area contributed by atoms with Crippen LogP contribution >= 0.6 is 0 Å². The van der Waals surface area contributed by atoms with E-state index in [1.165, 1.54) is 77.0 Å². The average molecular weight is 521 g/mol. The van der Waals surface area contributed by atoms with Crippen LogP contribution in [0.4, 0.5) is 0 Å². The third-order valence-electron chi connectivity index (χ3n) is 5.53. The molecule has 0 aliphatic carbocycles. The Kier molecular flexibility index (Phi) is 24.7. The van der Waals surface area contributed by atoms with Gasteiger partial charge < -0.3 is 20.1 Å². The standard InChI is InChI=1S/C23H46O5.Sn/c1-2-3-4-5-6-7-8-9-10-11-12-13-14-15-16-17-22(27)28-21-23(18-24,19-25)20-26;/h24-26H,2-21H2,1H3;. The number of carbonyl (C=O) groups is 1. The zero-order chi connectivity index (χ0) is 20.9. The maximum atomic E-state index is 11.7. The van der Waals surface area contributed by atoms with Gasteiger partial charge in [0, 0.05) is 30.3 Å². The fraction of sp³-hybridized carbons (Fsp3) is 0.957. The Morgan fingerprint density at radius 3 is 1.34 bits per heavy atom. The quantitative estimate of drug-likeness (QED) is 0.119. The van der Waals surface area contributed by atoms with Crippen LogP contribution in [-0.2, 0) is 9.53 Å². The van der Waals surface area contributed by atoms with Crippen LogP contribution in [0, 0.1) is 5.41 Å². The first-order valence-electron chi connectivity index (χ1n) is 11.6. The van der Waals surface area contributed by atoms with Gasteiger partial charge in [0.25, 0.3) is 0 Å². The molecule has 0 bridgehead atoms. The summed E-state index contributed by atoms with van der Waals surface area (Å²) in [5.41, 5.74) is -1.13. The molecule has 0 amide bonds. The number of aliphatic hydroxyl groups excluding tert-OH is 3. The van der Waals surface area contributed by atoms with Crippen LogP contribution in [0.1, 0.15) is 110 Å². The van der Waals surface area contributed by atoms with Gasteiger partial charge in [-0.1, -0.05) is 96.8 Å². The summed E-state index contributed by atoms with van der Waals surface area (Å²) in [5, 5.41) is 27.6. The fourth-order valence-corrected chi connectivity index (χ4v) is 3.23. The van der Waals surface area contributed by atoms with Crippen LogP contribution in [0.25, 0.3) is 0 Å². The van der Waals surface area contributed by atoms with Crippen LogP contribution in [0.2, 0.25) is 0 Å². The zero-order valence-electron chi connectivity index (χ0n) is 18.8. The normalized spacial score (nSPS) is 11.3. The van der Waals surface area contributed by atoms with Crippen LogP contribution in [0.15, 0.2) is 0 Å². The number of hydrogen-bond donors (Lipinski definition) is 3. The second-order valence-electron chi connectivity index (χ2n) is 8.33. The van der Waals surface area contributed by atoms with E-state index in [-0.39, 0.29) is 36.5 Å². The molecule has 0 spiro atoms. The summed E-state index contributed by atoms with van der Waals surface area (Å²) >= 11 is 0.